The highest BCUT2D eigenvalue weighted by molar-refractivity contribution is 4.80. The summed E-state index contributed by atoms with van der Waals surface area (Å²) in [4.78, 5) is 0. The fraction of sp³-hybridized carbons (Fsp3) is 1.00. The average molecular weight is 200 g/mol. The molecule has 0 aliphatic carbocycles. The molecule has 0 spiro atoms. The lowest BCUT2D eigenvalue weighted by Crippen LogP contribution is -2.31. The fourth-order valence-electron chi connectivity index (χ4n) is 1.81. The lowest BCUT2D eigenvalue weighted by Gasteiger charge is -2.28. The van der Waals surface area contributed by atoms with Crippen molar-refractivity contribution in [1.82, 2.24) is 0 Å². The average Bonchev–Trinajstić information content (AvgIpc) is 2.08. The normalized spacial score (nSPS) is 27.2. The van der Waals surface area contributed by atoms with Crippen molar-refractivity contribution in [3.05, 3.63) is 0 Å². The number of hydrogen-bond donors (Lipinski definition) is 0. The van der Waals surface area contributed by atoms with Gasteiger partial charge in [0.2, 0.25) is 0 Å². The molecule has 1 aliphatic heterocycles. The van der Waals surface area contributed by atoms with Crippen LogP contribution in [0.3, 0.4) is 0 Å². The van der Waals surface area contributed by atoms with Crippen molar-refractivity contribution in [3.8, 4) is 0 Å². The standard InChI is InChI=1S/C12H24O2/c1-6-7-10-13-11(2,3)8-9-12(4,5)14-10/h10H,6-9H2,1-5H3. The molecule has 0 saturated carbocycles. The Balaban J connectivity index is 2.66. The third-order valence-electron chi connectivity index (χ3n) is 2.75. The highest BCUT2D eigenvalue weighted by atomic mass is 16.7. The van der Waals surface area contributed by atoms with Crippen LogP contribution < -0.4 is 0 Å². The maximum Gasteiger partial charge on any atom is 0.159 e. The summed E-state index contributed by atoms with van der Waals surface area (Å²) in [7, 11) is 0. The van der Waals surface area contributed by atoms with Crippen LogP contribution in [0.2, 0.25) is 0 Å². The first kappa shape index (κ1) is 12.0. The van der Waals surface area contributed by atoms with Crippen LogP contribution >= 0.6 is 0 Å². The number of rotatable bonds is 2. The minimum Gasteiger partial charge on any atom is -0.347 e. The van der Waals surface area contributed by atoms with Gasteiger partial charge in [-0.1, -0.05) is 13.3 Å². The van der Waals surface area contributed by atoms with E-state index in [2.05, 4.69) is 34.6 Å². The quantitative estimate of drug-likeness (QED) is 0.679. The zero-order valence-corrected chi connectivity index (χ0v) is 10.2. The molecule has 0 aromatic heterocycles. The third-order valence-corrected chi connectivity index (χ3v) is 2.75. The van der Waals surface area contributed by atoms with E-state index in [0.29, 0.717) is 0 Å². The maximum atomic E-state index is 5.95. The fourth-order valence-corrected chi connectivity index (χ4v) is 1.81. The highest BCUT2D eigenvalue weighted by Gasteiger charge is 2.34. The Morgan fingerprint density at radius 1 is 1.00 bits per heavy atom. The SMILES string of the molecule is CCCC1OC(C)(C)CCC(C)(C)O1. The van der Waals surface area contributed by atoms with Crippen LogP contribution in [0.5, 0.6) is 0 Å². The van der Waals surface area contributed by atoms with Crippen molar-refractivity contribution in [2.75, 3.05) is 0 Å². The molecule has 14 heavy (non-hydrogen) atoms. The lowest BCUT2D eigenvalue weighted by atomic mass is 9.94. The zero-order valence-electron chi connectivity index (χ0n) is 10.2. The van der Waals surface area contributed by atoms with E-state index in [9.17, 15) is 0 Å². The van der Waals surface area contributed by atoms with E-state index in [-0.39, 0.29) is 17.5 Å². The molecule has 2 heteroatoms. The molecule has 0 amide bonds. The number of hydrogen-bond acceptors (Lipinski definition) is 2. The second kappa shape index (κ2) is 4.19. The first-order valence-corrected chi connectivity index (χ1v) is 5.70. The molecule has 1 rings (SSSR count). The van der Waals surface area contributed by atoms with Gasteiger partial charge in [-0.05, 0) is 47.0 Å². The second-order valence-corrected chi connectivity index (χ2v) is 5.47. The van der Waals surface area contributed by atoms with Gasteiger partial charge in [-0.15, -0.1) is 0 Å². The van der Waals surface area contributed by atoms with E-state index in [4.69, 9.17) is 9.47 Å². The Morgan fingerprint density at radius 3 is 1.79 bits per heavy atom. The van der Waals surface area contributed by atoms with Crippen LogP contribution in [-0.2, 0) is 9.47 Å². The molecule has 1 saturated heterocycles. The highest BCUT2D eigenvalue weighted by Crippen LogP contribution is 2.33. The van der Waals surface area contributed by atoms with Gasteiger partial charge < -0.3 is 9.47 Å². The van der Waals surface area contributed by atoms with Crippen LogP contribution in [0, 0.1) is 0 Å². The van der Waals surface area contributed by atoms with Crippen molar-refractivity contribution >= 4 is 0 Å². The van der Waals surface area contributed by atoms with Gasteiger partial charge in [0.05, 0.1) is 11.2 Å². The molecule has 0 aromatic carbocycles. The Hall–Kier alpha value is -0.0800. The van der Waals surface area contributed by atoms with E-state index in [1.807, 2.05) is 0 Å². The summed E-state index contributed by atoms with van der Waals surface area (Å²) in [6, 6.07) is 0. The van der Waals surface area contributed by atoms with Gasteiger partial charge in [-0.25, -0.2) is 0 Å². The summed E-state index contributed by atoms with van der Waals surface area (Å²) < 4.78 is 11.9. The van der Waals surface area contributed by atoms with E-state index >= 15 is 0 Å². The van der Waals surface area contributed by atoms with Crippen LogP contribution in [0.1, 0.15) is 60.3 Å². The summed E-state index contributed by atoms with van der Waals surface area (Å²) >= 11 is 0. The molecule has 0 N–H and O–H groups in total. The van der Waals surface area contributed by atoms with Crippen molar-refractivity contribution < 1.29 is 9.47 Å². The first-order chi connectivity index (χ1) is 6.35. The summed E-state index contributed by atoms with van der Waals surface area (Å²) in [5.74, 6) is 0. The summed E-state index contributed by atoms with van der Waals surface area (Å²) in [5, 5.41) is 0. The van der Waals surface area contributed by atoms with Crippen LogP contribution in [0.4, 0.5) is 0 Å². The lowest BCUT2D eigenvalue weighted by molar-refractivity contribution is -0.220. The van der Waals surface area contributed by atoms with Gasteiger partial charge >= 0.3 is 0 Å². The molecule has 0 atom stereocenters. The predicted molar refractivity (Wildman–Crippen MR) is 58.3 cm³/mol. The van der Waals surface area contributed by atoms with Crippen molar-refractivity contribution in [1.29, 1.82) is 0 Å². The minimum absolute atomic E-state index is 0.0208. The van der Waals surface area contributed by atoms with Crippen molar-refractivity contribution in [3.63, 3.8) is 0 Å². The van der Waals surface area contributed by atoms with E-state index in [1.165, 1.54) is 0 Å². The molecule has 84 valence electrons. The predicted octanol–water partition coefficient (Wildman–Crippen LogP) is 3.50. The molecule has 0 bridgehead atoms. The summed E-state index contributed by atoms with van der Waals surface area (Å²) in [6.07, 6.45) is 4.22. The topological polar surface area (TPSA) is 18.5 Å². The monoisotopic (exact) mass is 200 g/mol. The molecular weight excluding hydrogens is 176 g/mol. The first-order valence-electron chi connectivity index (χ1n) is 5.70. The zero-order chi connectivity index (χ0) is 10.8. The van der Waals surface area contributed by atoms with Gasteiger partial charge in [-0.2, -0.15) is 0 Å². The Morgan fingerprint density at radius 2 is 1.43 bits per heavy atom. The Kier molecular flexibility index (Phi) is 3.59. The third kappa shape index (κ3) is 3.58. The molecular formula is C12H24O2. The molecule has 0 unspecified atom stereocenters. The Bertz CT molecular complexity index is 167. The molecule has 0 radical (unpaired) electrons. The van der Waals surface area contributed by atoms with E-state index < -0.39 is 0 Å². The van der Waals surface area contributed by atoms with Crippen LogP contribution in [-0.4, -0.2) is 17.5 Å². The molecule has 1 fully saturated rings. The van der Waals surface area contributed by atoms with Gasteiger partial charge in [0.15, 0.2) is 6.29 Å². The summed E-state index contributed by atoms with van der Waals surface area (Å²) in [6.45, 7) is 10.8. The second-order valence-electron chi connectivity index (χ2n) is 5.47. The molecule has 2 nitrogen and oxygen atoms in total. The maximum absolute atomic E-state index is 5.95. The van der Waals surface area contributed by atoms with Crippen molar-refractivity contribution in [2.45, 2.75) is 77.8 Å². The van der Waals surface area contributed by atoms with Gasteiger partial charge in [-0.3, -0.25) is 0 Å². The van der Waals surface area contributed by atoms with Gasteiger partial charge in [0, 0.05) is 0 Å². The minimum atomic E-state index is -0.0341. The van der Waals surface area contributed by atoms with Crippen molar-refractivity contribution in [2.24, 2.45) is 0 Å². The van der Waals surface area contributed by atoms with Crippen LogP contribution in [0.15, 0.2) is 0 Å². The smallest absolute Gasteiger partial charge is 0.159 e. The largest absolute Gasteiger partial charge is 0.347 e. The van der Waals surface area contributed by atoms with E-state index in [0.717, 1.165) is 25.7 Å². The summed E-state index contributed by atoms with van der Waals surface area (Å²) in [5.41, 5.74) is -0.0682. The Labute approximate surface area is 88.0 Å². The van der Waals surface area contributed by atoms with Gasteiger partial charge in [0.25, 0.3) is 0 Å². The van der Waals surface area contributed by atoms with E-state index in [1.54, 1.807) is 0 Å². The van der Waals surface area contributed by atoms with Gasteiger partial charge in [0.1, 0.15) is 0 Å². The molecule has 0 aromatic rings. The van der Waals surface area contributed by atoms with Crippen LogP contribution in [0.25, 0.3) is 0 Å². The number of ether oxygens (including phenoxy) is 2. The molecule has 1 heterocycles. The molecule has 1 aliphatic rings.